The maximum atomic E-state index is 14.5. The fourth-order valence-electron chi connectivity index (χ4n) is 2.59. The van der Waals surface area contributed by atoms with E-state index >= 15 is 0 Å². The number of pyridine rings is 1. The van der Waals surface area contributed by atoms with Crippen molar-refractivity contribution in [1.29, 1.82) is 0 Å². The second-order valence-corrected chi connectivity index (χ2v) is 5.41. The number of nitrogens with zero attached hydrogens (tertiary/aromatic N) is 1. The molecule has 0 bridgehead atoms. The normalized spacial score (nSPS) is 15.3. The van der Waals surface area contributed by atoms with E-state index < -0.39 is 23.4 Å². The molecule has 122 valence electrons. The zero-order valence-corrected chi connectivity index (χ0v) is 11.9. The van der Waals surface area contributed by atoms with E-state index in [1.165, 1.54) is 12.1 Å². The van der Waals surface area contributed by atoms with Gasteiger partial charge in [-0.3, -0.25) is 4.98 Å². The Labute approximate surface area is 129 Å². The lowest BCUT2D eigenvalue weighted by Crippen LogP contribution is -2.25. The van der Waals surface area contributed by atoms with Crippen molar-refractivity contribution < 1.29 is 22.0 Å². The van der Waals surface area contributed by atoms with Crippen LogP contribution < -0.4 is 5.32 Å². The van der Waals surface area contributed by atoms with Gasteiger partial charge in [0.15, 0.2) is 0 Å². The summed E-state index contributed by atoms with van der Waals surface area (Å²) < 4.78 is 66.5. The Balaban J connectivity index is 1.94. The molecule has 0 atom stereocenters. The number of nitrogens with one attached hydrogen (secondary N) is 1. The average Bonchev–Trinajstić information content (AvgIpc) is 2.53. The minimum Gasteiger partial charge on any atom is -0.312 e. The summed E-state index contributed by atoms with van der Waals surface area (Å²) in [6, 6.07) is 5.72. The largest absolute Gasteiger partial charge is 0.433 e. The molecule has 0 aliphatic carbocycles. The summed E-state index contributed by atoms with van der Waals surface area (Å²) in [5.41, 5.74) is -0.204. The van der Waals surface area contributed by atoms with Crippen LogP contribution in [0.1, 0.15) is 27.9 Å². The first-order chi connectivity index (χ1) is 10.8. The quantitative estimate of drug-likeness (QED) is 0.846. The van der Waals surface area contributed by atoms with E-state index in [9.17, 15) is 22.0 Å². The predicted octanol–water partition coefficient (Wildman–Crippen LogP) is 3.89. The standard InChI is InChI=1S/C16H13F5N2/c17-15(18,13-3-4-14(23-9-13)16(19,20)21)12-2-1-10-5-6-22-8-11(10)7-12/h1-4,7,9,22H,5-6,8H2. The molecule has 2 heterocycles. The molecule has 0 saturated heterocycles. The highest BCUT2D eigenvalue weighted by Gasteiger charge is 2.37. The van der Waals surface area contributed by atoms with Crippen LogP contribution >= 0.6 is 0 Å². The van der Waals surface area contributed by atoms with Gasteiger partial charge in [0.1, 0.15) is 5.69 Å². The van der Waals surface area contributed by atoms with Crippen LogP contribution in [-0.2, 0) is 25.1 Å². The van der Waals surface area contributed by atoms with Crippen LogP contribution in [0.5, 0.6) is 0 Å². The molecule has 3 rings (SSSR count). The van der Waals surface area contributed by atoms with E-state index in [0.717, 1.165) is 30.2 Å². The van der Waals surface area contributed by atoms with Crippen LogP contribution in [0.25, 0.3) is 0 Å². The number of rotatable bonds is 2. The van der Waals surface area contributed by atoms with Gasteiger partial charge in [-0.05, 0) is 42.3 Å². The molecule has 0 amide bonds. The Morgan fingerprint density at radius 1 is 0.913 bits per heavy atom. The molecule has 0 unspecified atom stereocenters. The molecule has 7 heteroatoms. The number of fused-ring (bicyclic) bond motifs is 1. The van der Waals surface area contributed by atoms with Crippen LogP contribution in [0.2, 0.25) is 0 Å². The third-order valence-electron chi connectivity index (χ3n) is 3.87. The summed E-state index contributed by atoms with van der Waals surface area (Å²) in [5.74, 6) is -3.40. The third-order valence-corrected chi connectivity index (χ3v) is 3.87. The van der Waals surface area contributed by atoms with E-state index in [1.54, 1.807) is 6.07 Å². The first kappa shape index (κ1) is 15.9. The summed E-state index contributed by atoms with van der Waals surface area (Å²) in [6.07, 6.45) is -3.30. The molecule has 2 nitrogen and oxygen atoms in total. The highest BCUT2D eigenvalue weighted by Crippen LogP contribution is 2.37. The molecule has 2 aromatic rings. The van der Waals surface area contributed by atoms with Gasteiger partial charge in [-0.15, -0.1) is 0 Å². The maximum Gasteiger partial charge on any atom is 0.433 e. The molecule has 0 fully saturated rings. The van der Waals surface area contributed by atoms with Crippen molar-refractivity contribution in [3.8, 4) is 0 Å². The molecule has 0 spiro atoms. The van der Waals surface area contributed by atoms with Crippen molar-refractivity contribution in [1.82, 2.24) is 10.3 Å². The lowest BCUT2D eigenvalue weighted by Gasteiger charge is -2.22. The van der Waals surface area contributed by atoms with Crippen LogP contribution in [-0.4, -0.2) is 11.5 Å². The first-order valence-electron chi connectivity index (χ1n) is 7.03. The Kier molecular flexibility index (Phi) is 3.83. The topological polar surface area (TPSA) is 24.9 Å². The zero-order valence-electron chi connectivity index (χ0n) is 11.9. The Hall–Kier alpha value is -2.02. The molecule has 23 heavy (non-hydrogen) atoms. The first-order valence-corrected chi connectivity index (χ1v) is 7.03. The molecule has 1 aromatic carbocycles. The van der Waals surface area contributed by atoms with Crippen molar-refractivity contribution in [2.75, 3.05) is 6.54 Å². The average molecular weight is 328 g/mol. The summed E-state index contributed by atoms with van der Waals surface area (Å²) in [5, 5.41) is 3.10. The molecular weight excluding hydrogens is 315 g/mol. The van der Waals surface area contributed by atoms with Crippen molar-refractivity contribution in [2.24, 2.45) is 0 Å². The minimum absolute atomic E-state index is 0.249. The number of alkyl halides is 5. The maximum absolute atomic E-state index is 14.5. The second-order valence-electron chi connectivity index (χ2n) is 5.41. The molecule has 1 aliphatic heterocycles. The number of hydrogen-bond donors (Lipinski definition) is 1. The Morgan fingerprint density at radius 3 is 2.30 bits per heavy atom. The van der Waals surface area contributed by atoms with E-state index in [1.807, 2.05) is 0 Å². The fourth-order valence-corrected chi connectivity index (χ4v) is 2.59. The highest BCUT2D eigenvalue weighted by atomic mass is 19.4. The van der Waals surface area contributed by atoms with Crippen molar-refractivity contribution >= 4 is 0 Å². The zero-order chi connectivity index (χ0) is 16.7. The van der Waals surface area contributed by atoms with Crippen LogP contribution in [0.4, 0.5) is 22.0 Å². The van der Waals surface area contributed by atoms with Gasteiger partial charge in [0.25, 0.3) is 5.92 Å². The Morgan fingerprint density at radius 2 is 1.65 bits per heavy atom. The van der Waals surface area contributed by atoms with E-state index in [2.05, 4.69) is 10.3 Å². The summed E-state index contributed by atoms with van der Waals surface area (Å²) >= 11 is 0. The highest BCUT2D eigenvalue weighted by molar-refractivity contribution is 5.39. The molecule has 1 N–H and O–H groups in total. The lowest BCUT2D eigenvalue weighted by atomic mass is 9.94. The van der Waals surface area contributed by atoms with Crippen molar-refractivity contribution in [3.63, 3.8) is 0 Å². The van der Waals surface area contributed by atoms with Gasteiger partial charge in [-0.1, -0.05) is 12.1 Å². The number of benzene rings is 1. The van der Waals surface area contributed by atoms with Crippen LogP contribution in [0.15, 0.2) is 36.5 Å². The third kappa shape index (κ3) is 3.06. The molecule has 1 aromatic heterocycles. The van der Waals surface area contributed by atoms with Gasteiger partial charge >= 0.3 is 6.18 Å². The van der Waals surface area contributed by atoms with Gasteiger partial charge in [-0.2, -0.15) is 22.0 Å². The number of aromatic nitrogens is 1. The summed E-state index contributed by atoms with van der Waals surface area (Å²) in [7, 11) is 0. The SMILES string of the molecule is FC(F)(F)c1ccc(C(F)(F)c2ccc3c(c2)CNCC3)cn1. The number of halogens is 5. The molecule has 0 saturated carbocycles. The van der Waals surface area contributed by atoms with Crippen LogP contribution in [0, 0.1) is 0 Å². The van der Waals surface area contributed by atoms with Crippen molar-refractivity contribution in [2.45, 2.75) is 25.1 Å². The van der Waals surface area contributed by atoms with Gasteiger partial charge in [0.2, 0.25) is 0 Å². The second kappa shape index (κ2) is 5.56. The smallest absolute Gasteiger partial charge is 0.312 e. The summed E-state index contributed by atoms with van der Waals surface area (Å²) in [6.45, 7) is 1.30. The van der Waals surface area contributed by atoms with Crippen LogP contribution in [0.3, 0.4) is 0 Å². The predicted molar refractivity (Wildman–Crippen MR) is 74.1 cm³/mol. The van der Waals surface area contributed by atoms with Gasteiger partial charge in [0, 0.05) is 23.9 Å². The molecule has 1 aliphatic rings. The number of hydrogen-bond acceptors (Lipinski definition) is 2. The van der Waals surface area contributed by atoms with Gasteiger partial charge < -0.3 is 5.32 Å². The monoisotopic (exact) mass is 328 g/mol. The van der Waals surface area contributed by atoms with Gasteiger partial charge in [0.05, 0.1) is 0 Å². The van der Waals surface area contributed by atoms with E-state index in [0.29, 0.717) is 18.8 Å². The molecular formula is C16H13F5N2. The van der Waals surface area contributed by atoms with Gasteiger partial charge in [-0.25, -0.2) is 0 Å². The van der Waals surface area contributed by atoms with Crippen molar-refractivity contribution in [3.05, 3.63) is 64.5 Å². The van der Waals surface area contributed by atoms with E-state index in [-0.39, 0.29) is 5.56 Å². The Bertz CT molecular complexity index is 707. The lowest BCUT2D eigenvalue weighted by molar-refractivity contribution is -0.141. The molecule has 0 radical (unpaired) electrons. The minimum atomic E-state index is -4.65. The van der Waals surface area contributed by atoms with E-state index in [4.69, 9.17) is 0 Å². The fraction of sp³-hybridized carbons (Fsp3) is 0.312. The summed E-state index contributed by atoms with van der Waals surface area (Å²) in [4.78, 5) is 3.11.